The van der Waals surface area contributed by atoms with Gasteiger partial charge in [0.15, 0.2) is 0 Å². The molecule has 0 aromatic carbocycles. The lowest BCUT2D eigenvalue weighted by Gasteiger charge is -2.32. The van der Waals surface area contributed by atoms with Crippen LogP contribution in [-0.4, -0.2) is 47.5 Å². The summed E-state index contributed by atoms with van der Waals surface area (Å²) < 4.78 is 5.29. The van der Waals surface area contributed by atoms with Gasteiger partial charge in [0, 0.05) is 45.2 Å². The molecular formula is C14H24N4O2. The van der Waals surface area contributed by atoms with E-state index in [1.54, 1.807) is 0 Å². The van der Waals surface area contributed by atoms with E-state index in [0.29, 0.717) is 38.5 Å². The van der Waals surface area contributed by atoms with Gasteiger partial charge in [-0.2, -0.15) is 0 Å². The average Bonchev–Trinajstić information content (AvgIpc) is 2.45. The van der Waals surface area contributed by atoms with Crippen molar-refractivity contribution in [1.29, 1.82) is 0 Å². The third kappa shape index (κ3) is 3.37. The molecule has 1 aliphatic heterocycles. The zero-order valence-electron chi connectivity index (χ0n) is 12.4. The first kappa shape index (κ1) is 15.0. The summed E-state index contributed by atoms with van der Waals surface area (Å²) in [7, 11) is 1.85. The van der Waals surface area contributed by atoms with Crippen LogP contribution in [0, 0.1) is 0 Å². The number of ether oxygens (including phenoxy) is 1. The molecule has 0 radical (unpaired) electrons. The van der Waals surface area contributed by atoms with Crippen molar-refractivity contribution in [1.82, 2.24) is 9.97 Å². The molecule has 6 nitrogen and oxygen atoms in total. The molecule has 2 heterocycles. The van der Waals surface area contributed by atoms with Crippen LogP contribution in [0.25, 0.3) is 0 Å². The second kappa shape index (κ2) is 6.37. The molecule has 1 aromatic heterocycles. The fraction of sp³-hybridized carbons (Fsp3) is 0.714. The molecule has 1 aromatic rings. The van der Waals surface area contributed by atoms with E-state index < -0.39 is 5.60 Å². The summed E-state index contributed by atoms with van der Waals surface area (Å²) in [6.45, 7) is 5.92. The molecule has 0 saturated carbocycles. The average molecular weight is 280 g/mol. The van der Waals surface area contributed by atoms with Crippen LogP contribution in [0.3, 0.4) is 0 Å². The summed E-state index contributed by atoms with van der Waals surface area (Å²) >= 11 is 0. The number of rotatable bonds is 5. The molecule has 0 spiro atoms. The predicted octanol–water partition coefficient (Wildman–Crippen LogP) is 1.60. The van der Waals surface area contributed by atoms with Crippen LogP contribution in [0.4, 0.5) is 11.6 Å². The summed E-state index contributed by atoms with van der Waals surface area (Å²) in [5.74, 6) is 1.92. The molecule has 6 heteroatoms. The normalized spacial score (nSPS) is 18.1. The van der Waals surface area contributed by atoms with Crippen molar-refractivity contribution in [3.8, 4) is 0 Å². The highest BCUT2D eigenvalue weighted by Crippen LogP contribution is 2.29. The third-order valence-electron chi connectivity index (χ3n) is 3.71. The van der Waals surface area contributed by atoms with Gasteiger partial charge in [0.25, 0.3) is 0 Å². The second-order valence-corrected chi connectivity index (χ2v) is 5.58. The van der Waals surface area contributed by atoms with Gasteiger partial charge in [0.05, 0.1) is 5.60 Å². The van der Waals surface area contributed by atoms with Crippen molar-refractivity contribution in [2.45, 2.75) is 38.2 Å². The molecule has 3 N–H and O–H groups in total. The first-order chi connectivity index (χ1) is 9.56. The zero-order chi connectivity index (χ0) is 14.6. The molecule has 20 heavy (non-hydrogen) atoms. The van der Waals surface area contributed by atoms with Crippen LogP contribution in [0.2, 0.25) is 0 Å². The Balaban J connectivity index is 2.12. The Hall–Kier alpha value is -1.40. The van der Waals surface area contributed by atoms with Crippen LogP contribution in [0.1, 0.15) is 38.2 Å². The maximum absolute atomic E-state index is 10.5. The van der Waals surface area contributed by atoms with E-state index in [4.69, 9.17) is 4.74 Å². The molecule has 2 rings (SSSR count). The quantitative estimate of drug-likeness (QED) is 0.760. The maximum Gasteiger partial charge on any atom is 0.135 e. The highest BCUT2D eigenvalue weighted by atomic mass is 16.5. The highest BCUT2D eigenvalue weighted by molar-refractivity contribution is 5.58. The van der Waals surface area contributed by atoms with Gasteiger partial charge in [-0.25, -0.2) is 9.97 Å². The van der Waals surface area contributed by atoms with Gasteiger partial charge < -0.3 is 20.5 Å². The summed E-state index contributed by atoms with van der Waals surface area (Å²) in [5, 5.41) is 16.9. The number of nitrogens with one attached hydrogen (secondary N) is 2. The number of aromatic nitrogens is 2. The summed E-state index contributed by atoms with van der Waals surface area (Å²) in [6.07, 6.45) is 2.84. The zero-order valence-corrected chi connectivity index (χ0v) is 12.4. The van der Waals surface area contributed by atoms with Crippen molar-refractivity contribution in [3.05, 3.63) is 11.9 Å². The molecule has 112 valence electrons. The summed E-state index contributed by atoms with van der Waals surface area (Å²) in [4.78, 5) is 8.57. The molecule has 0 aliphatic carbocycles. The lowest BCUT2D eigenvalue weighted by Crippen LogP contribution is -2.42. The van der Waals surface area contributed by atoms with Gasteiger partial charge in [-0.1, -0.05) is 13.8 Å². The predicted molar refractivity (Wildman–Crippen MR) is 79.2 cm³/mol. The molecule has 0 bridgehead atoms. The fourth-order valence-corrected chi connectivity index (χ4v) is 2.46. The Kier molecular flexibility index (Phi) is 4.77. The monoisotopic (exact) mass is 280 g/mol. The van der Waals surface area contributed by atoms with E-state index in [1.165, 1.54) is 6.33 Å². The smallest absolute Gasteiger partial charge is 0.135 e. The van der Waals surface area contributed by atoms with E-state index in [-0.39, 0.29) is 0 Å². The van der Waals surface area contributed by atoms with Crippen molar-refractivity contribution >= 4 is 11.6 Å². The Labute approximate surface area is 120 Å². The number of hydrogen-bond donors (Lipinski definition) is 3. The molecule has 1 aliphatic rings. The number of anilines is 2. The van der Waals surface area contributed by atoms with Crippen LogP contribution in [-0.2, 0) is 4.74 Å². The van der Waals surface area contributed by atoms with Crippen molar-refractivity contribution < 1.29 is 9.84 Å². The maximum atomic E-state index is 10.5. The van der Waals surface area contributed by atoms with E-state index in [1.807, 2.05) is 7.05 Å². The van der Waals surface area contributed by atoms with E-state index in [2.05, 4.69) is 34.4 Å². The molecule has 1 fully saturated rings. The van der Waals surface area contributed by atoms with Crippen LogP contribution in [0.15, 0.2) is 6.33 Å². The Bertz CT molecular complexity index is 445. The molecular weight excluding hydrogens is 256 g/mol. The molecule has 0 amide bonds. The first-order valence-corrected chi connectivity index (χ1v) is 7.12. The lowest BCUT2D eigenvalue weighted by atomic mass is 9.94. The van der Waals surface area contributed by atoms with Gasteiger partial charge >= 0.3 is 0 Å². The number of hydrogen-bond acceptors (Lipinski definition) is 6. The van der Waals surface area contributed by atoms with Gasteiger partial charge in [0.1, 0.15) is 18.0 Å². The summed E-state index contributed by atoms with van der Waals surface area (Å²) in [5.41, 5.74) is 0.336. The summed E-state index contributed by atoms with van der Waals surface area (Å²) in [6, 6.07) is 0. The van der Waals surface area contributed by atoms with Gasteiger partial charge in [-0.3, -0.25) is 0 Å². The van der Waals surface area contributed by atoms with Crippen molar-refractivity contribution in [2.24, 2.45) is 0 Å². The Morgan fingerprint density at radius 1 is 1.30 bits per heavy atom. The standard InChI is InChI=1S/C14H24N4O2/c1-10(2)11-12(15-3)17-9-18-13(11)16-8-14(19)4-6-20-7-5-14/h9-10,19H,4-8H2,1-3H3,(H2,15,16,17,18). The minimum Gasteiger partial charge on any atom is -0.388 e. The van der Waals surface area contributed by atoms with Gasteiger partial charge in [-0.05, 0) is 5.92 Å². The van der Waals surface area contributed by atoms with E-state index >= 15 is 0 Å². The highest BCUT2D eigenvalue weighted by Gasteiger charge is 2.30. The van der Waals surface area contributed by atoms with Crippen LogP contribution in [0.5, 0.6) is 0 Å². The largest absolute Gasteiger partial charge is 0.388 e. The van der Waals surface area contributed by atoms with E-state index in [9.17, 15) is 5.11 Å². The second-order valence-electron chi connectivity index (χ2n) is 5.58. The minimum atomic E-state index is -0.711. The Morgan fingerprint density at radius 2 is 1.95 bits per heavy atom. The molecule has 1 saturated heterocycles. The van der Waals surface area contributed by atoms with Crippen LogP contribution >= 0.6 is 0 Å². The van der Waals surface area contributed by atoms with E-state index in [0.717, 1.165) is 17.2 Å². The SMILES string of the molecule is CNc1ncnc(NCC2(O)CCOCC2)c1C(C)C. The third-order valence-corrected chi connectivity index (χ3v) is 3.71. The molecule has 0 atom stereocenters. The van der Waals surface area contributed by atoms with Crippen LogP contribution < -0.4 is 10.6 Å². The fourth-order valence-electron chi connectivity index (χ4n) is 2.46. The Morgan fingerprint density at radius 3 is 2.55 bits per heavy atom. The minimum absolute atomic E-state index is 0.297. The van der Waals surface area contributed by atoms with Crippen molar-refractivity contribution in [2.75, 3.05) is 37.4 Å². The topological polar surface area (TPSA) is 79.3 Å². The van der Waals surface area contributed by atoms with Crippen molar-refractivity contribution in [3.63, 3.8) is 0 Å². The lowest BCUT2D eigenvalue weighted by molar-refractivity contribution is -0.0543. The number of nitrogens with zero attached hydrogens (tertiary/aromatic N) is 2. The number of aliphatic hydroxyl groups is 1. The molecule has 0 unspecified atom stereocenters. The first-order valence-electron chi connectivity index (χ1n) is 7.12. The van der Waals surface area contributed by atoms with Gasteiger partial charge in [-0.15, -0.1) is 0 Å². The van der Waals surface area contributed by atoms with Gasteiger partial charge in [0.2, 0.25) is 0 Å².